The number of esters is 1. The molecule has 2 aromatic carbocycles. The third kappa shape index (κ3) is 4.85. The van der Waals surface area contributed by atoms with Gasteiger partial charge in [0.25, 0.3) is 0 Å². The van der Waals surface area contributed by atoms with Gasteiger partial charge in [-0.05, 0) is 97.6 Å². The molecule has 0 saturated heterocycles. The minimum Gasteiger partial charge on any atom is -0.467 e. The maximum Gasteiger partial charge on any atom is 0.343 e. The van der Waals surface area contributed by atoms with Crippen LogP contribution < -0.4 is 9.47 Å². The molecule has 0 unspecified atom stereocenters. The second kappa shape index (κ2) is 10.1. The van der Waals surface area contributed by atoms with Crippen LogP contribution in [0.4, 0.5) is 0 Å². The molecular formula is C28H34O6. The third-order valence-corrected chi connectivity index (χ3v) is 7.87. The zero-order valence-corrected chi connectivity index (χ0v) is 19.8. The Morgan fingerprint density at radius 1 is 0.971 bits per heavy atom. The van der Waals surface area contributed by atoms with Crippen LogP contribution in [0.1, 0.15) is 60.0 Å². The van der Waals surface area contributed by atoms with Crippen LogP contribution >= 0.6 is 0 Å². The Bertz CT molecular complexity index is 963. The number of carbonyl (C=O) groups excluding carboxylic acids is 1. The van der Waals surface area contributed by atoms with Crippen molar-refractivity contribution in [2.45, 2.75) is 50.5 Å². The van der Waals surface area contributed by atoms with Gasteiger partial charge in [-0.1, -0.05) is 12.1 Å². The van der Waals surface area contributed by atoms with Gasteiger partial charge in [-0.15, -0.1) is 0 Å². The van der Waals surface area contributed by atoms with Gasteiger partial charge in [0, 0.05) is 12.7 Å². The van der Waals surface area contributed by atoms with Crippen molar-refractivity contribution in [3.63, 3.8) is 0 Å². The summed E-state index contributed by atoms with van der Waals surface area (Å²) in [4.78, 5) is 13.0. The Hall–Kier alpha value is -2.41. The molecule has 0 atom stereocenters. The summed E-state index contributed by atoms with van der Waals surface area (Å²) in [5.41, 5.74) is 2.50. The Morgan fingerprint density at radius 3 is 2.26 bits per heavy atom. The Morgan fingerprint density at radius 2 is 1.65 bits per heavy atom. The van der Waals surface area contributed by atoms with Crippen molar-refractivity contribution in [2.24, 2.45) is 17.8 Å². The summed E-state index contributed by atoms with van der Waals surface area (Å²) in [5, 5.41) is 9.23. The van der Waals surface area contributed by atoms with Crippen LogP contribution in [-0.2, 0) is 21.5 Å². The molecule has 2 aromatic rings. The lowest BCUT2D eigenvalue weighted by Gasteiger charge is -2.57. The standard InChI is InChI=1S/C28H34O6/c1-31-8-9-32-18-33-26-7-4-23(27(30)34-24-5-2-19(17-29)3-6-24)13-25(26)28-14-20-10-21(15-28)12-22(11-20)16-28/h2-7,13,20-22,29H,8-12,14-18H2,1H3. The van der Waals surface area contributed by atoms with Gasteiger partial charge in [0.1, 0.15) is 11.5 Å². The van der Waals surface area contributed by atoms with Crippen LogP contribution in [0.15, 0.2) is 42.5 Å². The molecule has 34 heavy (non-hydrogen) atoms. The van der Waals surface area contributed by atoms with Crippen LogP contribution in [0.25, 0.3) is 0 Å². The minimum absolute atomic E-state index is 0.0424. The molecular weight excluding hydrogens is 432 g/mol. The highest BCUT2D eigenvalue weighted by molar-refractivity contribution is 5.91. The van der Waals surface area contributed by atoms with Gasteiger partial charge >= 0.3 is 5.97 Å². The van der Waals surface area contributed by atoms with Gasteiger partial charge < -0.3 is 24.1 Å². The third-order valence-electron chi connectivity index (χ3n) is 7.87. The fourth-order valence-electron chi connectivity index (χ4n) is 6.77. The summed E-state index contributed by atoms with van der Waals surface area (Å²) < 4.78 is 22.4. The number of carbonyl (C=O) groups is 1. The molecule has 4 fully saturated rings. The van der Waals surface area contributed by atoms with Crippen LogP contribution in [0.3, 0.4) is 0 Å². The highest BCUT2D eigenvalue weighted by atomic mass is 16.7. The maximum atomic E-state index is 13.0. The molecule has 4 bridgehead atoms. The first kappa shape index (κ1) is 23.3. The van der Waals surface area contributed by atoms with Crippen LogP contribution in [0.2, 0.25) is 0 Å². The Kier molecular flexibility index (Phi) is 6.91. The summed E-state index contributed by atoms with van der Waals surface area (Å²) in [7, 11) is 1.65. The van der Waals surface area contributed by atoms with Gasteiger partial charge in [0.2, 0.25) is 0 Å². The highest BCUT2D eigenvalue weighted by Crippen LogP contribution is 2.62. The first-order chi connectivity index (χ1) is 16.6. The number of methoxy groups -OCH3 is 1. The van der Waals surface area contributed by atoms with Crippen LogP contribution in [0, 0.1) is 17.8 Å². The predicted octanol–water partition coefficient (Wildman–Crippen LogP) is 4.87. The first-order valence-corrected chi connectivity index (χ1v) is 12.3. The smallest absolute Gasteiger partial charge is 0.343 e. The second-order valence-electron chi connectivity index (χ2n) is 10.3. The number of ether oxygens (including phenoxy) is 4. The van der Waals surface area contributed by atoms with Gasteiger partial charge in [-0.2, -0.15) is 0 Å². The summed E-state index contributed by atoms with van der Waals surface area (Å²) in [5.74, 6) is 3.22. The van der Waals surface area contributed by atoms with E-state index in [0.717, 1.165) is 34.6 Å². The minimum atomic E-state index is -0.384. The molecule has 6 nitrogen and oxygen atoms in total. The molecule has 6 heteroatoms. The first-order valence-electron chi connectivity index (χ1n) is 12.3. The van der Waals surface area contributed by atoms with Crippen molar-refractivity contribution >= 4 is 5.97 Å². The van der Waals surface area contributed by atoms with E-state index in [1.807, 2.05) is 12.1 Å². The zero-order valence-electron chi connectivity index (χ0n) is 19.8. The molecule has 0 heterocycles. The van der Waals surface area contributed by atoms with E-state index >= 15 is 0 Å². The Balaban J connectivity index is 1.40. The van der Waals surface area contributed by atoms with Crippen molar-refractivity contribution in [1.82, 2.24) is 0 Å². The molecule has 0 radical (unpaired) electrons. The molecule has 0 amide bonds. The molecule has 4 saturated carbocycles. The van der Waals surface area contributed by atoms with Gasteiger partial charge in [-0.3, -0.25) is 0 Å². The second-order valence-corrected chi connectivity index (χ2v) is 10.3. The lowest BCUT2D eigenvalue weighted by molar-refractivity contribution is -0.0189. The quantitative estimate of drug-likeness (QED) is 0.233. The number of rotatable bonds is 10. The molecule has 182 valence electrons. The molecule has 6 rings (SSSR count). The van der Waals surface area contributed by atoms with E-state index in [0.29, 0.717) is 24.5 Å². The average molecular weight is 467 g/mol. The topological polar surface area (TPSA) is 74.2 Å². The number of benzene rings is 2. The number of aliphatic hydroxyl groups is 1. The van der Waals surface area contributed by atoms with E-state index in [9.17, 15) is 9.90 Å². The van der Waals surface area contributed by atoms with E-state index < -0.39 is 0 Å². The SMILES string of the molecule is COCCOCOc1ccc(C(=O)Oc2ccc(CO)cc2)cc1C12CC3CC(CC(C3)C1)C2. The monoisotopic (exact) mass is 466 g/mol. The number of hydrogen-bond acceptors (Lipinski definition) is 6. The summed E-state index contributed by atoms with van der Waals surface area (Å²) >= 11 is 0. The molecule has 1 N–H and O–H groups in total. The molecule has 4 aliphatic carbocycles. The van der Waals surface area contributed by atoms with E-state index in [4.69, 9.17) is 18.9 Å². The van der Waals surface area contributed by atoms with Crippen LogP contribution in [-0.4, -0.2) is 38.2 Å². The Labute approximate surface area is 201 Å². The number of hydrogen-bond donors (Lipinski definition) is 1. The average Bonchev–Trinajstić information content (AvgIpc) is 2.83. The molecule has 0 aromatic heterocycles. The molecule has 0 aliphatic heterocycles. The zero-order chi connectivity index (χ0) is 23.5. The lowest BCUT2D eigenvalue weighted by Crippen LogP contribution is -2.48. The predicted molar refractivity (Wildman–Crippen MR) is 127 cm³/mol. The van der Waals surface area contributed by atoms with E-state index in [1.54, 1.807) is 37.4 Å². The van der Waals surface area contributed by atoms with Crippen molar-refractivity contribution < 1.29 is 28.8 Å². The highest BCUT2D eigenvalue weighted by Gasteiger charge is 2.52. The maximum absolute atomic E-state index is 13.0. The van der Waals surface area contributed by atoms with Crippen molar-refractivity contribution in [1.29, 1.82) is 0 Å². The lowest BCUT2D eigenvalue weighted by atomic mass is 9.48. The van der Waals surface area contributed by atoms with Crippen molar-refractivity contribution in [3.05, 3.63) is 59.2 Å². The fourth-order valence-corrected chi connectivity index (χ4v) is 6.77. The normalized spacial score (nSPS) is 27.1. The van der Waals surface area contributed by atoms with Crippen molar-refractivity contribution in [2.75, 3.05) is 27.1 Å². The van der Waals surface area contributed by atoms with E-state index in [2.05, 4.69) is 0 Å². The largest absolute Gasteiger partial charge is 0.467 e. The van der Waals surface area contributed by atoms with E-state index in [1.165, 1.54) is 38.5 Å². The summed E-state index contributed by atoms with van der Waals surface area (Å²) in [6, 6.07) is 12.6. The van der Waals surface area contributed by atoms with E-state index in [-0.39, 0.29) is 24.8 Å². The van der Waals surface area contributed by atoms with Crippen molar-refractivity contribution in [3.8, 4) is 11.5 Å². The summed E-state index contributed by atoms with van der Waals surface area (Å²) in [6.07, 6.45) is 7.55. The number of aliphatic hydroxyl groups excluding tert-OH is 1. The summed E-state index contributed by atoms with van der Waals surface area (Å²) in [6.45, 7) is 1.11. The fraction of sp³-hybridized carbons (Fsp3) is 0.536. The molecule has 0 spiro atoms. The van der Waals surface area contributed by atoms with Gasteiger partial charge in [0.15, 0.2) is 6.79 Å². The van der Waals surface area contributed by atoms with Gasteiger partial charge in [0.05, 0.1) is 25.4 Å². The van der Waals surface area contributed by atoms with Crippen LogP contribution in [0.5, 0.6) is 11.5 Å². The van der Waals surface area contributed by atoms with Gasteiger partial charge in [-0.25, -0.2) is 4.79 Å². The molecule has 4 aliphatic rings.